The first kappa shape index (κ1) is 20.1. The molecule has 0 saturated heterocycles. The van der Waals surface area contributed by atoms with Gasteiger partial charge in [-0.25, -0.2) is 26.0 Å². The molecule has 0 aromatic carbocycles. The van der Waals surface area contributed by atoms with Gasteiger partial charge in [0.1, 0.15) is 13.2 Å². The van der Waals surface area contributed by atoms with Crippen LogP contribution in [0.1, 0.15) is 5.69 Å². The first-order valence-corrected chi connectivity index (χ1v) is 9.72. The number of halogens is 4. The summed E-state index contributed by atoms with van der Waals surface area (Å²) in [4.78, 5) is 0. The van der Waals surface area contributed by atoms with E-state index in [9.17, 15) is 30.5 Å². The lowest BCUT2D eigenvalue weighted by Crippen LogP contribution is -2.10. The van der Waals surface area contributed by atoms with Crippen molar-refractivity contribution in [2.24, 2.45) is 7.05 Å². The fourth-order valence-electron chi connectivity index (χ4n) is 1.60. The molecule has 0 unspecified atom stereocenters. The van der Waals surface area contributed by atoms with Gasteiger partial charge in [-0.3, -0.25) is 9.25 Å². The maximum Gasteiger partial charge on any atom is 0.337 e. The second kappa shape index (κ2) is 7.73. The molecule has 13 heteroatoms. The van der Waals surface area contributed by atoms with Gasteiger partial charge in [0.05, 0.1) is 11.9 Å². The lowest BCUT2D eigenvalue weighted by molar-refractivity contribution is 0.0462. The lowest BCUT2D eigenvalue weighted by atomic mass is 10.5. The third-order valence-corrected chi connectivity index (χ3v) is 5.36. The van der Waals surface area contributed by atoms with Gasteiger partial charge in [0.2, 0.25) is 0 Å². The van der Waals surface area contributed by atoms with Crippen molar-refractivity contribution in [2.75, 3.05) is 19.5 Å². The number of hydrogen-bond acceptors (Lipinski definition) is 6. The van der Waals surface area contributed by atoms with Gasteiger partial charge in [0.25, 0.3) is 12.9 Å². The maximum absolute atomic E-state index is 12.3. The fourth-order valence-corrected chi connectivity index (χ4v) is 3.96. The van der Waals surface area contributed by atoms with Crippen molar-refractivity contribution >= 4 is 17.4 Å². The smallest absolute Gasteiger partial charge is 0.302 e. The Hall–Kier alpha value is -0.970. The molecule has 1 aromatic rings. The molecule has 7 nitrogen and oxygen atoms in total. The normalized spacial score (nSPS) is 13.2. The van der Waals surface area contributed by atoms with E-state index in [0.29, 0.717) is 0 Å². The zero-order chi connectivity index (χ0) is 17.8. The molecule has 0 fully saturated rings. The van der Waals surface area contributed by atoms with Crippen LogP contribution in [-0.4, -0.2) is 50.5 Å². The van der Waals surface area contributed by atoms with Crippen molar-refractivity contribution < 1.29 is 39.6 Å². The van der Waals surface area contributed by atoms with Crippen LogP contribution in [0, 0.1) is 0 Å². The van der Waals surface area contributed by atoms with Gasteiger partial charge < -0.3 is 9.05 Å². The highest BCUT2D eigenvalue weighted by Crippen LogP contribution is 2.51. The highest BCUT2D eigenvalue weighted by atomic mass is 32.2. The van der Waals surface area contributed by atoms with Gasteiger partial charge in [0, 0.05) is 13.3 Å². The van der Waals surface area contributed by atoms with E-state index in [1.54, 1.807) is 0 Å². The molecule has 0 aliphatic heterocycles. The van der Waals surface area contributed by atoms with Gasteiger partial charge in [-0.1, -0.05) is 0 Å². The Kier molecular flexibility index (Phi) is 6.75. The standard InChI is InChI=1S/C10H15F4N2O5PS/c1-16-10(23(2,18)19)3-7(15-16)6-22(17,20-4-8(11)12)21-5-9(13)14/h3,8-9H,4-6H2,1-2H3. The molecule has 134 valence electrons. The Balaban J connectivity index is 2.98. The van der Waals surface area contributed by atoms with Crippen LogP contribution in [0.4, 0.5) is 17.6 Å². The zero-order valence-electron chi connectivity index (χ0n) is 12.2. The van der Waals surface area contributed by atoms with Crippen LogP contribution in [0.2, 0.25) is 0 Å². The van der Waals surface area contributed by atoms with Crippen molar-refractivity contribution in [3.8, 4) is 0 Å². The Morgan fingerprint density at radius 3 is 2.04 bits per heavy atom. The van der Waals surface area contributed by atoms with Crippen molar-refractivity contribution in [3.63, 3.8) is 0 Å². The molecule has 0 radical (unpaired) electrons. The summed E-state index contributed by atoms with van der Waals surface area (Å²) in [5, 5.41) is 3.53. The molecule has 0 amide bonds. The maximum atomic E-state index is 12.3. The first-order valence-electron chi connectivity index (χ1n) is 6.10. The van der Waals surface area contributed by atoms with Crippen LogP contribution in [0.5, 0.6) is 0 Å². The number of nitrogens with zero attached hydrogens (tertiary/aromatic N) is 2. The molecule has 1 aromatic heterocycles. The van der Waals surface area contributed by atoms with Crippen molar-refractivity contribution in [3.05, 3.63) is 11.8 Å². The van der Waals surface area contributed by atoms with Crippen LogP contribution in [0.25, 0.3) is 0 Å². The number of alkyl halides is 4. The molecule has 0 saturated carbocycles. The van der Waals surface area contributed by atoms with Crippen LogP contribution >= 0.6 is 7.60 Å². The van der Waals surface area contributed by atoms with Gasteiger partial charge in [-0.15, -0.1) is 0 Å². The highest BCUT2D eigenvalue weighted by molar-refractivity contribution is 7.90. The molecule has 0 aliphatic rings. The molecule has 23 heavy (non-hydrogen) atoms. The van der Waals surface area contributed by atoms with Gasteiger partial charge in [0.15, 0.2) is 14.9 Å². The zero-order valence-corrected chi connectivity index (χ0v) is 13.9. The molecule has 0 aliphatic carbocycles. The Bertz CT molecular complexity index is 663. The second-order valence-electron chi connectivity index (χ2n) is 4.51. The first-order chi connectivity index (χ1) is 10.4. The van der Waals surface area contributed by atoms with Crippen LogP contribution in [0.15, 0.2) is 11.1 Å². The minimum Gasteiger partial charge on any atom is -0.302 e. The molecule has 0 spiro atoms. The van der Waals surface area contributed by atoms with Gasteiger partial charge >= 0.3 is 7.60 Å². The van der Waals surface area contributed by atoms with Gasteiger partial charge in [-0.05, 0) is 6.07 Å². The topological polar surface area (TPSA) is 87.5 Å². The summed E-state index contributed by atoms with van der Waals surface area (Å²) in [5.41, 5.74) is -0.111. The minimum atomic E-state index is -4.34. The third kappa shape index (κ3) is 6.58. The molecule has 1 rings (SSSR count). The van der Waals surface area contributed by atoms with E-state index in [1.807, 2.05) is 0 Å². The quantitative estimate of drug-likeness (QED) is 0.480. The van der Waals surface area contributed by atoms with E-state index in [-0.39, 0.29) is 10.7 Å². The summed E-state index contributed by atoms with van der Waals surface area (Å²) >= 11 is 0. The number of rotatable bonds is 9. The average molecular weight is 382 g/mol. The predicted octanol–water partition coefficient (Wildman–Crippen LogP) is 2.08. The van der Waals surface area contributed by atoms with Crippen LogP contribution < -0.4 is 0 Å². The molecule has 0 bridgehead atoms. The van der Waals surface area contributed by atoms with Crippen molar-refractivity contribution in [2.45, 2.75) is 24.0 Å². The van der Waals surface area contributed by atoms with E-state index in [2.05, 4.69) is 14.1 Å². The Labute approximate surface area is 130 Å². The SMILES string of the molecule is Cn1nc(CP(=O)(OCC(F)F)OCC(F)F)cc1S(C)(=O)=O. The summed E-state index contributed by atoms with van der Waals surface area (Å²) in [7, 11) is -6.67. The molecular formula is C10H15F4N2O5PS. The summed E-state index contributed by atoms with van der Waals surface area (Å²) in [6.45, 7) is -2.54. The van der Waals surface area contributed by atoms with Crippen molar-refractivity contribution in [1.29, 1.82) is 0 Å². The van der Waals surface area contributed by atoms with Crippen LogP contribution in [0.3, 0.4) is 0 Å². The van der Waals surface area contributed by atoms with E-state index in [4.69, 9.17) is 0 Å². The van der Waals surface area contributed by atoms with E-state index in [0.717, 1.165) is 17.0 Å². The molecule has 0 atom stereocenters. The lowest BCUT2D eigenvalue weighted by Gasteiger charge is -2.17. The Morgan fingerprint density at radius 1 is 1.22 bits per heavy atom. The average Bonchev–Trinajstić information content (AvgIpc) is 2.75. The molecule has 0 N–H and O–H groups in total. The molecule has 1 heterocycles. The number of aryl methyl sites for hydroxylation is 1. The summed E-state index contributed by atoms with van der Waals surface area (Å²) in [6.07, 6.45) is -5.76. The van der Waals surface area contributed by atoms with E-state index < -0.39 is 49.7 Å². The second-order valence-corrected chi connectivity index (χ2v) is 8.53. The van der Waals surface area contributed by atoms with E-state index in [1.165, 1.54) is 7.05 Å². The Morgan fingerprint density at radius 2 is 1.70 bits per heavy atom. The van der Waals surface area contributed by atoms with Crippen LogP contribution in [-0.2, 0) is 36.7 Å². The fraction of sp³-hybridized carbons (Fsp3) is 0.700. The molecular weight excluding hydrogens is 367 g/mol. The number of aromatic nitrogens is 2. The largest absolute Gasteiger partial charge is 0.337 e. The minimum absolute atomic E-state index is 0.111. The summed E-state index contributed by atoms with van der Waals surface area (Å²) < 4.78 is 93.7. The number of sulfone groups is 1. The van der Waals surface area contributed by atoms with Gasteiger partial charge in [-0.2, -0.15) is 5.10 Å². The highest BCUT2D eigenvalue weighted by Gasteiger charge is 2.30. The summed E-state index contributed by atoms with van der Waals surface area (Å²) in [5.74, 6) is 0. The number of hydrogen-bond donors (Lipinski definition) is 0. The third-order valence-electron chi connectivity index (χ3n) is 2.42. The predicted molar refractivity (Wildman–Crippen MR) is 71.5 cm³/mol. The van der Waals surface area contributed by atoms with Crippen molar-refractivity contribution in [1.82, 2.24) is 9.78 Å². The van der Waals surface area contributed by atoms with E-state index >= 15 is 0 Å². The summed E-state index contributed by atoms with van der Waals surface area (Å²) in [6, 6.07) is 1.04. The monoisotopic (exact) mass is 382 g/mol.